The molecule has 2 nitrogen and oxygen atoms in total. The van der Waals surface area contributed by atoms with Crippen molar-refractivity contribution in [1.29, 1.82) is 0 Å². The normalized spacial score (nSPS) is 10.4. The first-order valence-electron chi connectivity index (χ1n) is 11.6. The zero-order valence-corrected chi connectivity index (χ0v) is 24.3. The van der Waals surface area contributed by atoms with Gasteiger partial charge in [0, 0.05) is 0 Å². The molecule has 0 aliphatic carbocycles. The minimum atomic E-state index is -0.963. The van der Waals surface area contributed by atoms with Gasteiger partial charge >= 0.3 is 68.6 Å². The Hall–Kier alpha value is 1.52. The average Bonchev–Trinajstić information content (AvgIpc) is 2.46. The molecule has 0 atom stereocenters. The van der Waals surface area contributed by atoms with Gasteiger partial charge in [0.15, 0.2) is 0 Å². The van der Waals surface area contributed by atoms with Gasteiger partial charge < -0.3 is 7.95 Å². The fraction of sp³-hybridized carbons (Fsp3) is 1.00. The predicted molar refractivity (Wildman–Crippen MR) is 128 cm³/mol. The van der Waals surface area contributed by atoms with Gasteiger partial charge in [-0.2, -0.15) is 0 Å². The van der Waals surface area contributed by atoms with Gasteiger partial charge in [0.2, 0.25) is 0 Å². The molecule has 160 valence electrons. The first-order valence-corrected chi connectivity index (χ1v) is 17.4. The summed E-state index contributed by atoms with van der Waals surface area (Å²) in [6.07, 6.45) is 0. The Labute approximate surface area is 189 Å². The molecule has 0 spiro atoms. The minimum absolute atomic E-state index is 0. The molecule has 0 aromatic rings. The Kier molecular flexibility index (Phi) is 29.2. The summed E-state index contributed by atoms with van der Waals surface area (Å²) in [6, 6.07) is 0. The number of hydrogen-bond donors (Lipinski definition) is 0. The van der Waals surface area contributed by atoms with E-state index in [-0.39, 0.29) is 6.61 Å². The van der Waals surface area contributed by atoms with E-state index in [9.17, 15) is 0 Å². The summed E-state index contributed by atoms with van der Waals surface area (Å²) in [5.41, 5.74) is 0. The van der Waals surface area contributed by atoms with Crippen molar-refractivity contribution in [3.05, 3.63) is 0 Å². The van der Waals surface area contributed by atoms with Crippen LogP contribution in [0.1, 0.15) is 76.2 Å². The van der Waals surface area contributed by atoms with Crippen LogP contribution in [0.4, 0.5) is 0 Å². The molecule has 0 heterocycles. The van der Waals surface area contributed by atoms with Gasteiger partial charge in [-0.1, -0.05) is 107 Å². The van der Waals surface area contributed by atoms with Crippen molar-refractivity contribution in [2.45, 2.75) is 108 Å². The van der Waals surface area contributed by atoms with E-state index in [4.69, 9.17) is 7.95 Å². The van der Waals surface area contributed by atoms with Crippen molar-refractivity contribution < 1.29 is 7.95 Å². The van der Waals surface area contributed by atoms with E-state index in [1.807, 2.05) is 0 Å². The zero-order chi connectivity index (χ0) is 21.8. The van der Waals surface area contributed by atoms with Crippen LogP contribution in [-0.4, -0.2) is 50.8 Å². The van der Waals surface area contributed by atoms with Crippen molar-refractivity contribution in [3.63, 3.8) is 0 Å². The van der Waals surface area contributed by atoms with Crippen LogP contribution in [-0.2, 0) is 2.84 Å². The van der Waals surface area contributed by atoms with Gasteiger partial charge in [0.25, 0.3) is 0 Å². The fourth-order valence-corrected chi connectivity index (χ4v) is 12.2. The molecule has 0 N–H and O–H groups in total. The molecule has 0 aromatic heterocycles. The van der Waals surface area contributed by atoms with E-state index in [0.29, 0.717) is 0 Å². The molecule has 0 saturated heterocycles. The fourth-order valence-electron chi connectivity index (χ4n) is 3.08. The second-order valence-electron chi connectivity index (χ2n) is 9.29. The van der Waals surface area contributed by atoms with Crippen LogP contribution in [0.25, 0.3) is 0 Å². The molecule has 0 radical (unpaired) electrons. The van der Waals surface area contributed by atoms with E-state index in [0.717, 1.165) is 38.9 Å². The standard InChI is InChI=1S/4C4H9.C2H5O.2C2H5.3Al.O/c4*1-4(2)3;1-2-3;2*1-2;;;;/h4*4H,1H2,2-3H3;2H2,1H3;2*1H2,2H3;;;;/q;;;;-1;;;;;+1;. The zero-order valence-electron chi connectivity index (χ0n) is 20.8. The Morgan fingerprint density at radius 3 is 0.963 bits per heavy atom. The predicted octanol–water partition coefficient (Wildman–Crippen LogP) is 6.54. The molecule has 0 saturated carbocycles. The van der Waals surface area contributed by atoms with E-state index < -0.39 is 29.0 Å². The molecule has 0 fully saturated rings. The van der Waals surface area contributed by atoms with E-state index in [1.165, 1.54) is 31.7 Å². The molecule has 0 amide bonds. The monoisotopic (exact) mass is 428 g/mol. The third-order valence-corrected chi connectivity index (χ3v) is 14.0. The third kappa shape index (κ3) is 32.4. The van der Waals surface area contributed by atoms with Crippen LogP contribution >= 0.6 is 0 Å². The van der Waals surface area contributed by atoms with Gasteiger partial charge in [-0.15, -0.1) is 6.61 Å². The van der Waals surface area contributed by atoms with Gasteiger partial charge in [0.1, 0.15) is 0 Å². The summed E-state index contributed by atoms with van der Waals surface area (Å²) in [5.74, 6) is 3.23. The second-order valence-corrected chi connectivity index (χ2v) is 17.0. The van der Waals surface area contributed by atoms with Crippen LogP contribution in [0.2, 0.25) is 31.7 Å². The summed E-state index contributed by atoms with van der Waals surface area (Å²) in [6.45, 7) is 24.9. The number of rotatable bonds is 12. The quantitative estimate of drug-likeness (QED) is 0.330. The summed E-state index contributed by atoms with van der Waals surface area (Å²) >= 11 is -1.11. The maximum atomic E-state index is 8.93. The molecular formula is C22H51Al3O2. The van der Waals surface area contributed by atoms with Crippen LogP contribution in [0, 0.1) is 23.7 Å². The Morgan fingerprint density at radius 1 is 0.630 bits per heavy atom. The van der Waals surface area contributed by atoms with Gasteiger partial charge in [-0.3, -0.25) is 0 Å². The van der Waals surface area contributed by atoms with Gasteiger partial charge in [-0.25, -0.2) is 0 Å². The number of hydrogen-bond acceptors (Lipinski definition) is 2. The van der Waals surface area contributed by atoms with Gasteiger partial charge in [0.05, 0.1) is 0 Å². The second kappa shape index (κ2) is 23.8. The van der Waals surface area contributed by atoms with Crippen molar-refractivity contribution in [3.8, 4) is 0 Å². The summed E-state index contributed by atoms with van der Waals surface area (Å²) in [4.78, 5) is 0. The van der Waals surface area contributed by atoms with Crippen LogP contribution < -0.4 is 5.11 Å². The molecule has 0 bridgehead atoms. The molecular weight excluding hydrogens is 377 g/mol. The van der Waals surface area contributed by atoms with Crippen molar-refractivity contribution in [2.24, 2.45) is 23.7 Å². The van der Waals surface area contributed by atoms with Crippen molar-refractivity contribution in [1.82, 2.24) is 0 Å². The van der Waals surface area contributed by atoms with Crippen LogP contribution in [0.3, 0.4) is 0 Å². The topological polar surface area (TPSA) is 32.3 Å². The third-order valence-electron chi connectivity index (χ3n) is 3.90. The Balaban J connectivity index is -0.000000604. The van der Waals surface area contributed by atoms with Crippen LogP contribution in [0.5, 0.6) is 0 Å². The van der Waals surface area contributed by atoms with E-state index >= 15 is 0 Å². The summed E-state index contributed by atoms with van der Waals surface area (Å²) in [7, 11) is 0. The van der Waals surface area contributed by atoms with E-state index in [2.05, 4.69) is 69.2 Å². The van der Waals surface area contributed by atoms with E-state index in [1.54, 1.807) is 6.92 Å². The molecule has 0 aliphatic heterocycles. The average molecular weight is 429 g/mol. The molecule has 0 aliphatic rings. The molecule has 0 unspecified atom stereocenters. The summed E-state index contributed by atoms with van der Waals surface area (Å²) < 4.78 is 6.77. The molecule has 0 rings (SSSR count). The molecule has 5 heteroatoms. The van der Waals surface area contributed by atoms with Gasteiger partial charge in [-0.05, 0) is 0 Å². The Morgan fingerprint density at radius 2 is 0.852 bits per heavy atom. The maximum absolute atomic E-state index is 8.93. The van der Waals surface area contributed by atoms with Crippen LogP contribution in [0.15, 0.2) is 0 Å². The molecule has 27 heavy (non-hydrogen) atoms. The Bertz CT molecular complexity index is 228. The van der Waals surface area contributed by atoms with Crippen molar-refractivity contribution >= 4 is 44.2 Å². The first-order chi connectivity index (χ1) is 12.5. The summed E-state index contributed by atoms with van der Waals surface area (Å²) in [5, 5.41) is 17.3. The first kappa shape index (κ1) is 33.2. The van der Waals surface area contributed by atoms with Crippen molar-refractivity contribution in [2.75, 3.05) is 6.61 Å². The molecule has 0 aromatic carbocycles. The SMILES string of the molecule is CC(C)[CH2][Al]([CH2]C(C)C)[O][Al]([CH2]C(C)C)[CH2]C(C)C.CC[O-].C[CH2][Al+][CH2]C.